The summed E-state index contributed by atoms with van der Waals surface area (Å²) in [6.45, 7) is 2.50. The van der Waals surface area contributed by atoms with Crippen molar-refractivity contribution in [2.24, 2.45) is 0 Å². The molecule has 0 saturated carbocycles. The zero-order chi connectivity index (χ0) is 23.6. The molecule has 0 aliphatic carbocycles. The number of ether oxygens (including phenoxy) is 3. The summed E-state index contributed by atoms with van der Waals surface area (Å²) in [6.07, 6.45) is 5.49. The molecule has 180 valence electrons. The Morgan fingerprint density at radius 2 is 1.82 bits per heavy atom. The quantitative estimate of drug-likeness (QED) is 0.634. The molecule has 0 bridgehead atoms. The fourth-order valence-corrected chi connectivity index (χ4v) is 6.29. The minimum atomic E-state index is -3.20. The molecule has 3 aliphatic rings. The summed E-state index contributed by atoms with van der Waals surface area (Å²) in [5, 5.41) is 3.06. The van der Waals surface area contributed by atoms with Crippen molar-refractivity contribution in [2.75, 3.05) is 43.2 Å². The van der Waals surface area contributed by atoms with Crippen LogP contribution in [0.3, 0.4) is 0 Å². The van der Waals surface area contributed by atoms with Gasteiger partial charge in [-0.2, -0.15) is 0 Å². The number of carbonyl (C=O) groups is 1. The third-order valence-corrected chi connectivity index (χ3v) is 8.61. The average Bonchev–Trinajstić information content (AvgIpc) is 3.47. The number of nitrogens with one attached hydrogen (secondary N) is 1. The lowest BCUT2D eigenvalue weighted by molar-refractivity contribution is -0.116. The molecule has 2 saturated heterocycles. The lowest BCUT2D eigenvalue weighted by Crippen LogP contribution is -2.44. The summed E-state index contributed by atoms with van der Waals surface area (Å²) in [6, 6.07) is 13.2. The zero-order valence-electron chi connectivity index (χ0n) is 18.9. The van der Waals surface area contributed by atoms with Gasteiger partial charge in [-0.15, -0.1) is 0 Å². The van der Waals surface area contributed by atoms with Crippen LogP contribution in [0.4, 0.5) is 5.69 Å². The van der Waals surface area contributed by atoms with Crippen LogP contribution in [-0.4, -0.2) is 53.2 Å². The van der Waals surface area contributed by atoms with Gasteiger partial charge in [0.05, 0.1) is 11.4 Å². The first-order valence-electron chi connectivity index (χ1n) is 11.5. The summed E-state index contributed by atoms with van der Waals surface area (Å²) >= 11 is 0. The van der Waals surface area contributed by atoms with Crippen LogP contribution in [0.1, 0.15) is 30.4 Å². The number of fused-ring (bicyclic) bond motifs is 1. The van der Waals surface area contributed by atoms with Gasteiger partial charge in [-0.3, -0.25) is 9.10 Å². The topological polar surface area (TPSA) is 94.2 Å². The molecule has 9 heteroatoms. The molecular formula is C25H28N2O6S. The molecule has 3 heterocycles. The van der Waals surface area contributed by atoms with Gasteiger partial charge in [0, 0.05) is 37.8 Å². The second kappa shape index (κ2) is 9.31. The van der Waals surface area contributed by atoms with Crippen molar-refractivity contribution in [3.63, 3.8) is 0 Å². The first-order chi connectivity index (χ1) is 16.5. The predicted octanol–water partition coefficient (Wildman–Crippen LogP) is 2.83. The standard InChI is InChI=1S/C25H28N2O6S/c28-24(9-4-19-2-6-21(7-3-19)27-12-1-15-34(27,29)30)26-17-25(10-13-31-14-11-25)20-5-8-22-23(16-20)33-18-32-22/h2-9,16H,1,10-15,17-18H2,(H,26,28)/b9-4+. The Kier molecular flexibility index (Phi) is 6.22. The van der Waals surface area contributed by atoms with Crippen LogP contribution in [0, 0.1) is 0 Å². The normalized spacial score (nSPS) is 20.5. The SMILES string of the molecule is O=C(/C=C/c1ccc(N2CCCS2(=O)=O)cc1)NCC1(c2ccc3c(c2)OCO3)CCOCC1. The van der Waals surface area contributed by atoms with Gasteiger partial charge in [-0.05, 0) is 60.7 Å². The third kappa shape index (κ3) is 4.63. The smallest absolute Gasteiger partial charge is 0.244 e. The molecular weight excluding hydrogens is 456 g/mol. The Hall–Kier alpha value is -3.04. The number of hydrogen-bond donors (Lipinski definition) is 1. The molecule has 2 aromatic rings. The molecule has 0 unspecified atom stereocenters. The van der Waals surface area contributed by atoms with E-state index < -0.39 is 10.0 Å². The Labute approximate surface area is 199 Å². The van der Waals surface area contributed by atoms with Gasteiger partial charge in [0.2, 0.25) is 22.7 Å². The maximum absolute atomic E-state index is 12.6. The van der Waals surface area contributed by atoms with Gasteiger partial charge in [0.15, 0.2) is 11.5 Å². The number of sulfonamides is 1. The van der Waals surface area contributed by atoms with E-state index in [9.17, 15) is 13.2 Å². The second-order valence-electron chi connectivity index (χ2n) is 8.85. The maximum atomic E-state index is 12.6. The Morgan fingerprint density at radius 1 is 1.06 bits per heavy atom. The average molecular weight is 485 g/mol. The summed E-state index contributed by atoms with van der Waals surface area (Å²) < 4.78 is 42.2. The third-order valence-electron chi connectivity index (χ3n) is 6.74. The number of anilines is 1. The molecule has 2 fully saturated rings. The molecule has 1 N–H and O–H groups in total. The highest BCUT2D eigenvalue weighted by Crippen LogP contribution is 2.40. The molecule has 0 radical (unpaired) electrons. The molecule has 0 aromatic heterocycles. The van der Waals surface area contributed by atoms with E-state index in [2.05, 4.69) is 5.32 Å². The van der Waals surface area contributed by atoms with E-state index in [-0.39, 0.29) is 23.9 Å². The minimum Gasteiger partial charge on any atom is -0.454 e. The van der Waals surface area contributed by atoms with Crippen molar-refractivity contribution in [3.8, 4) is 11.5 Å². The van der Waals surface area contributed by atoms with E-state index in [1.54, 1.807) is 18.2 Å². The van der Waals surface area contributed by atoms with Gasteiger partial charge in [-0.25, -0.2) is 8.42 Å². The predicted molar refractivity (Wildman–Crippen MR) is 129 cm³/mol. The van der Waals surface area contributed by atoms with Gasteiger partial charge < -0.3 is 19.5 Å². The first kappa shape index (κ1) is 22.7. The summed E-state index contributed by atoms with van der Waals surface area (Å²) in [4.78, 5) is 12.6. The van der Waals surface area contributed by atoms with E-state index in [0.717, 1.165) is 35.5 Å². The Morgan fingerprint density at radius 3 is 2.56 bits per heavy atom. The van der Waals surface area contributed by atoms with Gasteiger partial charge >= 0.3 is 0 Å². The highest BCUT2D eigenvalue weighted by Gasteiger charge is 2.36. The molecule has 3 aliphatic heterocycles. The van der Waals surface area contributed by atoms with E-state index in [1.807, 2.05) is 30.3 Å². The summed E-state index contributed by atoms with van der Waals surface area (Å²) in [7, 11) is -3.20. The lowest BCUT2D eigenvalue weighted by atomic mass is 9.74. The van der Waals surface area contributed by atoms with Crippen molar-refractivity contribution >= 4 is 27.7 Å². The van der Waals surface area contributed by atoms with E-state index in [1.165, 1.54) is 10.4 Å². The van der Waals surface area contributed by atoms with Crippen LogP contribution in [0.2, 0.25) is 0 Å². The summed E-state index contributed by atoms with van der Waals surface area (Å²) in [5.41, 5.74) is 2.36. The molecule has 34 heavy (non-hydrogen) atoms. The number of hydrogen-bond acceptors (Lipinski definition) is 6. The monoisotopic (exact) mass is 484 g/mol. The van der Waals surface area contributed by atoms with Crippen LogP contribution >= 0.6 is 0 Å². The first-order valence-corrected chi connectivity index (χ1v) is 13.1. The second-order valence-corrected chi connectivity index (χ2v) is 10.9. The van der Waals surface area contributed by atoms with Gasteiger partial charge in [-0.1, -0.05) is 18.2 Å². The molecule has 1 amide bonds. The highest BCUT2D eigenvalue weighted by molar-refractivity contribution is 7.93. The van der Waals surface area contributed by atoms with E-state index in [0.29, 0.717) is 38.4 Å². The van der Waals surface area contributed by atoms with Crippen LogP contribution in [0.25, 0.3) is 6.08 Å². The Bertz CT molecular complexity index is 1190. The van der Waals surface area contributed by atoms with E-state index in [4.69, 9.17) is 14.2 Å². The van der Waals surface area contributed by atoms with Crippen LogP contribution in [0.5, 0.6) is 11.5 Å². The van der Waals surface area contributed by atoms with E-state index >= 15 is 0 Å². The van der Waals surface area contributed by atoms with Crippen molar-refractivity contribution in [1.29, 1.82) is 0 Å². The fraction of sp³-hybridized carbons (Fsp3) is 0.400. The number of rotatable bonds is 6. The molecule has 8 nitrogen and oxygen atoms in total. The van der Waals surface area contributed by atoms with Crippen molar-refractivity contribution in [3.05, 3.63) is 59.7 Å². The van der Waals surface area contributed by atoms with Gasteiger partial charge in [0.1, 0.15) is 0 Å². The number of carbonyl (C=O) groups excluding carboxylic acids is 1. The van der Waals surface area contributed by atoms with Crippen LogP contribution < -0.4 is 19.1 Å². The number of amides is 1. The largest absolute Gasteiger partial charge is 0.454 e. The van der Waals surface area contributed by atoms with Crippen molar-refractivity contribution in [1.82, 2.24) is 5.32 Å². The number of nitrogens with zero attached hydrogens (tertiary/aromatic N) is 1. The molecule has 2 aromatic carbocycles. The zero-order valence-corrected chi connectivity index (χ0v) is 19.7. The Balaban J connectivity index is 1.24. The number of benzene rings is 2. The van der Waals surface area contributed by atoms with Crippen LogP contribution in [0.15, 0.2) is 48.5 Å². The van der Waals surface area contributed by atoms with Crippen LogP contribution in [-0.2, 0) is 25.0 Å². The molecule has 0 spiro atoms. The van der Waals surface area contributed by atoms with Crippen molar-refractivity contribution in [2.45, 2.75) is 24.7 Å². The maximum Gasteiger partial charge on any atom is 0.244 e. The molecule has 0 atom stereocenters. The van der Waals surface area contributed by atoms with Gasteiger partial charge in [0.25, 0.3) is 0 Å². The van der Waals surface area contributed by atoms with Crippen molar-refractivity contribution < 1.29 is 27.4 Å². The molecule has 5 rings (SSSR count). The summed E-state index contributed by atoms with van der Waals surface area (Å²) in [5.74, 6) is 1.48. The fourth-order valence-electron chi connectivity index (χ4n) is 4.72. The highest BCUT2D eigenvalue weighted by atomic mass is 32.2. The minimum absolute atomic E-state index is 0.183. The lowest BCUT2D eigenvalue weighted by Gasteiger charge is -2.38.